The van der Waals surface area contributed by atoms with Gasteiger partial charge >= 0.3 is 0 Å². The molecule has 0 bridgehead atoms. The topological polar surface area (TPSA) is 29.4 Å². The summed E-state index contributed by atoms with van der Waals surface area (Å²) in [4.78, 5) is 13.4. The molecule has 0 unspecified atom stereocenters. The van der Waals surface area contributed by atoms with Crippen molar-refractivity contribution in [2.75, 3.05) is 6.54 Å². The summed E-state index contributed by atoms with van der Waals surface area (Å²) >= 11 is 0. The predicted molar refractivity (Wildman–Crippen MR) is 29.7 cm³/mol. The first-order valence-corrected chi connectivity index (χ1v) is 2.30. The van der Waals surface area contributed by atoms with E-state index in [1.54, 1.807) is 6.21 Å². The number of nitrogens with zero attached hydrogens (tertiary/aromatic N) is 1. The maximum Gasteiger partial charge on any atom is 0.121 e. The van der Waals surface area contributed by atoms with E-state index < -0.39 is 0 Å². The molecule has 0 fully saturated rings. The highest BCUT2D eigenvalue weighted by Crippen LogP contribution is 1.70. The number of rotatable bonds is 3. The zero-order valence-electron chi connectivity index (χ0n) is 4.42. The lowest BCUT2D eigenvalue weighted by Crippen LogP contribution is -1.79. The van der Waals surface area contributed by atoms with Crippen molar-refractivity contribution in [2.24, 2.45) is 4.99 Å². The summed E-state index contributed by atoms with van der Waals surface area (Å²) in [5, 5.41) is 0. The molecule has 0 aromatic rings. The Balaban J connectivity index is 2.82. The first-order chi connectivity index (χ1) is 3.41. The van der Waals surface area contributed by atoms with Gasteiger partial charge in [0.25, 0.3) is 0 Å². The molecule has 0 rings (SSSR count). The summed E-state index contributed by atoms with van der Waals surface area (Å²) in [6.45, 7) is 2.48. The third-order valence-electron chi connectivity index (χ3n) is 0.559. The lowest BCUT2D eigenvalue weighted by atomic mass is 10.5. The Morgan fingerprint density at radius 2 is 2.43 bits per heavy atom. The Hall–Kier alpha value is -0.660. The minimum atomic E-state index is 0.546. The fraction of sp³-hybridized carbons (Fsp3) is 0.600. The Bertz CT molecular complexity index is 68.5. The van der Waals surface area contributed by atoms with Gasteiger partial charge in [0.15, 0.2) is 0 Å². The zero-order valence-corrected chi connectivity index (χ0v) is 4.42. The molecule has 0 N–H and O–H groups in total. The van der Waals surface area contributed by atoms with E-state index in [4.69, 9.17) is 0 Å². The van der Waals surface area contributed by atoms with E-state index in [0.717, 1.165) is 6.29 Å². The lowest BCUT2D eigenvalue weighted by Gasteiger charge is -1.77. The number of hydrogen-bond donors (Lipinski definition) is 0. The van der Waals surface area contributed by atoms with Gasteiger partial charge in [-0.3, -0.25) is 4.99 Å². The van der Waals surface area contributed by atoms with Crippen molar-refractivity contribution in [1.29, 1.82) is 0 Å². The molecule has 0 aliphatic carbocycles. The number of carbonyl (C=O) groups is 1. The minimum Gasteiger partial charge on any atom is -0.303 e. The zero-order chi connectivity index (χ0) is 5.54. The molecule has 0 aliphatic rings. The van der Waals surface area contributed by atoms with E-state index in [9.17, 15) is 4.79 Å². The Labute approximate surface area is 43.3 Å². The average molecular weight is 99.1 g/mol. The van der Waals surface area contributed by atoms with Crippen LogP contribution in [-0.4, -0.2) is 19.0 Å². The highest BCUT2D eigenvalue weighted by Gasteiger charge is 1.72. The van der Waals surface area contributed by atoms with Crippen LogP contribution in [0.5, 0.6) is 0 Å². The average Bonchev–Trinajstić information content (AvgIpc) is 1.69. The molecule has 40 valence electrons. The van der Waals surface area contributed by atoms with Gasteiger partial charge in [0, 0.05) is 13.0 Å². The van der Waals surface area contributed by atoms with Crippen LogP contribution in [0.4, 0.5) is 0 Å². The number of aldehydes is 1. The van der Waals surface area contributed by atoms with Crippen molar-refractivity contribution in [3.63, 3.8) is 0 Å². The van der Waals surface area contributed by atoms with Crippen LogP contribution in [0.25, 0.3) is 0 Å². The van der Waals surface area contributed by atoms with Crippen LogP contribution in [0, 0.1) is 0 Å². The lowest BCUT2D eigenvalue weighted by molar-refractivity contribution is -0.107. The van der Waals surface area contributed by atoms with Crippen molar-refractivity contribution in [3.8, 4) is 0 Å². The monoisotopic (exact) mass is 99.1 g/mol. The predicted octanol–water partition coefficient (Wildman–Crippen LogP) is 0.666. The summed E-state index contributed by atoms with van der Waals surface area (Å²) in [6.07, 6.45) is 3.11. The molecule has 0 amide bonds. The third kappa shape index (κ3) is 5.34. The molecule has 0 atom stereocenters. The highest BCUT2D eigenvalue weighted by molar-refractivity contribution is 5.54. The largest absolute Gasteiger partial charge is 0.303 e. The van der Waals surface area contributed by atoms with Crippen LogP contribution < -0.4 is 0 Å². The van der Waals surface area contributed by atoms with Crippen molar-refractivity contribution in [1.82, 2.24) is 0 Å². The summed E-state index contributed by atoms with van der Waals surface area (Å²) in [5.74, 6) is 0. The van der Waals surface area contributed by atoms with Crippen LogP contribution in [0.15, 0.2) is 4.99 Å². The number of aliphatic imine (C=N–C) groups is 1. The quantitative estimate of drug-likeness (QED) is 0.290. The van der Waals surface area contributed by atoms with E-state index in [2.05, 4.69) is 4.99 Å². The van der Waals surface area contributed by atoms with Gasteiger partial charge in [-0.2, -0.15) is 0 Å². The molecular weight excluding hydrogens is 90.1 g/mol. The van der Waals surface area contributed by atoms with Crippen molar-refractivity contribution < 1.29 is 4.79 Å². The Morgan fingerprint density at radius 1 is 1.71 bits per heavy atom. The third-order valence-corrected chi connectivity index (χ3v) is 0.559. The molecule has 0 spiro atoms. The second kappa shape index (κ2) is 5.34. The molecule has 0 saturated carbocycles. The summed E-state index contributed by atoms with van der Waals surface area (Å²) in [7, 11) is 0. The standard InChI is InChI=1S/C5H9NO/c1-2-6-4-3-5-7/h2,5H,3-4H2,1H3. The van der Waals surface area contributed by atoms with Gasteiger partial charge in [0.1, 0.15) is 6.29 Å². The number of carbonyl (C=O) groups excluding carboxylic acids is 1. The van der Waals surface area contributed by atoms with E-state index in [-0.39, 0.29) is 0 Å². The molecule has 0 heterocycles. The molecule has 0 saturated heterocycles. The maximum absolute atomic E-state index is 9.61. The van der Waals surface area contributed by atoms with Gasteiger partial charge < -0.3 is 4.79 Å². The first kappa shape index (κ1) is 6.34. The molecule has 0 aromatic carbocycles. The molecular formula is C5H9NO. The summed E-state index contributed by atoms with van der Waals surface area (Å²) < 4.78 is 0. The smallest absolute Gasteiger partial charge is 0.121 e. The highest BCUT2D eigenvalue weighted by atomic mass is 16.1. The molecule has 0 aromatic heterocycles. The van der Waals surface area contributed by atoms with E-state index in [1.165, 1.54) is 0 Å². The van der Waals surface area contributed by atoms with Gasteiger partial charge in [-0.05, 0) is 13.1 Å². The molecule has 0 radical (unpaired) electrons. The Kier molecular flexibility index (Phi) is 4.84. The number of hydrogen-bond acceptors (Lipinski definition) is 2. The van der Waals surface area contributed by atoms with E-state index >= 15 is 0 Å². The van der Waals surface area contributed by atoms with Crippen LogP contribution >= 0.6 is 0 Å². The van der Waals surface area contributed by atoms with Crippen LogP contribution in [0.1, 0.15) is 13.3 Å². The van der Waals surface area contributed by atoms with Gasteiger partial charge in [0.2, 0.25) is 0 Å². The Morgan fingerprint density at radius 3 is 2.86 bits per heavy atom. The molecule has 2 heteroatoms. The molecule has 2 nitrogen and oxygen atoms in total. The van der Waals surface area contributed by atoms with Crippen LogP contribution in [0.3, 0.4) is 0 Å². The van der Waals surface area contributed by atoms with Gasteiger partial charge in [-0.15, -0.1) is 0 Å². The van der Waals surface area contributed by atoms with Crippen molar-refractivity contribution in [3.05, 3.63) is 0 Å². The fourth-order valence-electron chi connectivity index (χ4n) is 0.256. The van der Waals surface area contributed by atoms with Gasteiger partial charge in [-0.1, -0.05) is 0 Å². The van der Waals surface area contributed by atoms with Gasteiger partial charge in [-0.25, -0.2) is 0 Å². The minimum absolute atomic E-state index is 0.546. The summed E-state index contributed by atoms with van der Waals surface area (Å²) in [5.41, 5.74) is 0. The second-order valence-corrected chi connectivity index (χ2v) is 1.12. The van der Waals surface area contributed by atoms with Crippen molar-refractivity contribution in [2.45, 2.75) is 13.3 Å². The SMILES string of the molecule is CC=NCCC=O. The van der Waals surface area contributed by atoms with E-state index in [1.807, 2.05) is 6.92 Å². The maximum atomic E-state index is 9.61. The molecule has 0 aliphatic heterocycles. The second-order valence-electron chi connectivity index (χ2n) is 1.12. The summed E-state index contributed by atoms with van der Waals surface area (Å²) in [6, 6.07) is 0. The fourth-order valence-corrected chi connectivity index (χ4v) is 0.256. The van der Waals surface area contributed by atoms with Crippen LogP contribution in [0.2, 0.25) is 0 Å². The van der Waals surface area contributed by atoms with Gasteiger partial charge in [0.05, 0.1) is 0 Å². The first-order valence-electron chi connectivity index (χ1n) is 2.30. The van der Waals surface area contributed by atoms with E-state index in [0.29, 0.717) is 13.0 Å². The molecule has 7 heavy (non-hydrogen) atoms. The van der Waals surface area contributed by atoms with Crippen molar-refractivity contribution >= 4 is 12.5 Å². The normalized spacial score (nSPS) is 9.86. The van der Waals surface area contributed by atoms with Crippen LogP contribution in [-0.2, 0) is 4.79 Å².